The fourth-order valence-electron chi connectivity index (χ4n) is 3.33. The lowest BCUT2D eigenvalue weighted by atomic mass is 9.92. The zero-order chi connectivity index (χ0) is 12.9. The Morgan fingerprint density at radius 1 is 1.00 bits per heavy atom. The molecule has 2 heteroatoms. The Hall–Kier alpha value is -1.02. The highest BCUT2D eigenvalue weighted by atomic mass is 16.5. The molecule has 1 aliphatic carbocycles. The van der Waals surface area contributed by atoms with Gasteiger partial charge in [0, 0.05) is 0 Å². The Morgan fingerprint density at radius 3 is 2.47 bits per heavy atom. The summed E-state index contributed by atoms with van der Waals surface area (Å²) in [7, 11) is 0. The Bertz CT molecular complexity index is 375. The summed E-state index contributed by atoms with van der Waals surface area (Å²) in [4.78, 5) is 0. The maximum atomic E-state index is 6.01. The normalized spacial score (nSPS) is 24.5. The number of hydrogen-bond donors (Lipinski definition) is 1. The van der Waals surface area contributed by atoms with E-state index in [0.717, 1.165) is 11.7 Å². The van der Waals surface area contributed by atoms with E-state index in [-0.39, 0.29) is 0 Å². The molecule has 3 rings (SSSR count). The van der Waals surface area contributed by atoms with Gasteiger partial charge in [-0.15, -0.1) is 0 Å². The van der Waals surface area contributed by atoms with E-state index in [1.807, 2.05) is 0 Å². The molecule has 0 spiro atoms. The van der Waals surface area contributed by atoms with E-state index in [1.54, 1.807) is 0 Å². The summed E-state index contributed by atoms with van der Waals surface area (Å²) in [5.41, 5.74) is 1.45. The van der Waals surface area contributed by atoms with Gasteiger partial charge in [-0.25, -0.2) is 0 Å². The minimum Gasteiger partial charge on any atom is -0.490 e. The van der Waals surface area contributed by atoms with Crippen molar-refractivity contribution in [2.45, 2.75) is 51.0 Å². The Kier molecular flexibility index (Phi) is 4.39. The molecule has 19 heavy (non-hydrogen) atoms. The molecule has 2 fully saturated rings. The molecule has 1 aromatic carbocycles. The second kappa shape index (κ2) is 6.42. The smallest absolute Gasteiger partial charge is 0.119 e. The maximum Gasteiger partial charge on any atom is 0.119 e. The molecule has 1 saturated carbocycles. The number of hydrogen-bond acceptors (Lipinski definition) is 2. The van der Waals surface area contributed by atoms with Crippen molar-refractivity contribution < 1.29 is 4.74 Å². The van der Waals surface area contributed by atoms with Crippen LogP contribution in [0.25, 0.3) is 0 Å². The number of ether oxygens (including phenoxy) is 1. The van der Waals surface area contributed by atoms with E-state index >= 15 is 0 Å². The number of piperidine rings is 1. The first-order valence-corrected chi connectivity index (χ1v) is 7.86. The van der Waals surface area contributed by atoms with Crippen LogP contribution in [0.5, 0.6) is 5.75 Å². The van der Waals surface area contributed by atoms with Gasteiger partial charge in [0.1, 0.15) is 5.75 Å². The first-order valence-electron chi connectivity index (χ1n) is 7.86. The van der Waals surface area contributed by atoms with E-state index in [2.05, 4.69) is 29.6 Å². The van der Waals surface area contributed by atoms with Gasteiger partial charge >= 0.3 is 0 Å². The van der Waals surface area contributed by atoms with Crippen LogP contribution in [-0.4, -0.2) is 19.2 Å². The predicted molar refractivity (Wildman–Crippen MR) is 78.6 cm³/mol. The molecule has 1 unspecified atom stereocenters. The molecule has 0 bridgehead atoms. The SMILES string of the molecule is c1cc(OC2CCCC2)ccc1CC1CCCNC1. The van der Waals surface area contributed by atoms with Crippen LogP contribution in [0.15, 0.2) is 24.3 Å². The van der Waals surface area contributed by atoms with E-state index in [4.69, 9.17) is 4.74 Å². The third-order valence-corrected chi connectivity index (χ3v) is 4.45. The van der Waals surface area contributed by atoms with Crippen LogP contribution in [0, 0.1) is 5.92 Å². The van der Waals surface area contributed by atoms with Gasteiger partial charge in [0.05, 0.1) is 6.10 Å². The van der Waals surface area contributed by atoms with Gasteiger partial charge in [-0.2, -0.15) is 0 Å². The molecular weight excluding hydrogens is 234 g/mol. The van der Waals surface area contributed by atoms with Crippen LogP contribution in [0.2, 0.25) is 0 Å². The van der Waals surface area contributed by atoms with Gasteiger partial charge in [-0.3, -0.25) is 0 Å². The summed E-state index contributed by atoms with van der Waals surface area (Å²) < 4.78 is 6.01. The number of nitrogens with one attached hydrogen (secondary N) is 1. The number of benzene rings is 1. The molecule has 2 nitrogen and oxygen atoms in total. The number of rotatable bonds is 4. The summed E-state index contributed by atoms with van der Waals surface area (Å²) >= 11 is 0. The maximum absolute atomic E-state index is 6.01. The van der Waals surface area contributed by atoms with Crippen LogP contribution in [0.1, 0.15) is 44.1 Å². The van der Waals surface area contributed by atoms with Crippen molar-refractivity contribution in [2.75, 3.05) is 13.1 Å². The lowest BCUT2D eigenvalue weighted by Crippen LogP contribution is -2.30. The lowest BCUT2D eigenvalue weighted by Gasteiger charge is -2.22. The van der Waals surface area contributed by atoms with Gasteiger partial charge in [0.25, 0.3) is 0 Å². The van der Waals surface area contributed by atoms with Crippen LogP contribution < -0.4 is 10.1 Å². The summed E-state index contributed by atoms with van der Waals surface area (Å²) in [5, 5.41) is 3.49. The van der Waals surface area contributed by atoms with Crippen molar-refractivity contribution in [1.82, 2.24) is 5.32 Å². The van der Waals surface area contributed by atoms with Gasteiger partial charge in [-0.05, 0) is 81.6 Å². The van der Waals surface area contributed by atoms with Crippen molar-refractivity contribution in [3.8, 4) is 5.75 Å². The predicted octanol–water partition coefficient (Wildman–Crippen LogP) is 3.55. The van der Waals surface area contributed by atoms with E-state index in [0.29, 0.717) is 6.10 Å². The fourth-order valence-corrected chi connectivity index (χ4v) is 3.33. The summed E-state index contributed by atoms with van der Waals surface area (Å²) in [5.74, 6) is 1.87. The molecule has 104 valence electrons. The third-order valence-electron chi connectivity index (χ3n) is 4.45. The van der Waals surface area contributed by atoms with Crippen LogP contribution >= 0.6 is 0 Å². The van der Waals surface area contributed by atoms with Crippen molar-refractivity contribution in [2.24, 2.45) is 5.92 Å². The van der Waals surface area contributed by atoms with Gasteiger partial charge in [0.2, 0.25) is 0 Å². The molecule has 1 aromatic rings. The summed E-state index contributed by atoms with van der Waals surface area (Å²) in [6.07, 6.45) is 9.49. The van der Waals surface area contributed by atoms with Gasteiger partial charge in [0.15, 0.2) is 0 Å². The molecule has 1 heterocycles. The van der Waals surface area contributed by atoms with Crippen LogP contribution in [0.4, 0.5) is 0 Å². The molecule has 0 amide bonds. The van der Waals surface area contributed by atoms with Gasteiger partial charge in [-0.1, -0.05) is 12.1 Å². The van der Waals surface area contributed by atoms with E-state index in [9.17, 15) is 0 Å². The minimum absolute atomic E-state index is 0.466. The molecule has 0 aromatic heterocycles. The second-order valence-corrected chi connectivity index (χ2v) is 6.08. The van der Waals surface area contributed by atoms with Crippen molar-refractivity contribution in [1.29, 1.82) is 0 Å². The highest BCUT2D eigenvalue weighted by Crippen LogP contribution is 2.25. The van der Waals surface area contributed by atoms with Crippen molar-refractivity contribution in [3.05, 3.63) is 29.8 Å². The molecule has 1 aliphatic heterocycles. The minimum atomic E-state index is 0.466. The molecule has 1 N–H and O–H groups in total. The molecule has 1 atom stereocenters. The Labute approximate surface area is 116 Å². The summed E-state index contributed by atoms with van der Waals surface area (Å²) in [6.45, 7) is 2.38. The van der Waals surface area contributed by atoms with E-state index in [1.165, 1.54) is 63.6 Å². The monoisotopic (exact) mass is 259 g/mol. The molecule has 2 aliphatic rings. The van der Waals surface area contributed by atoms with Crippen molar-refractivity contribution in [3.63, 3.8) is 0 Å². The highest BCUT2D eigenvalue weighted by molar-refractivity contribution is 5.28. The second-order valence-electron chi connectivity index (χ2n) is 6.08. The topological polar surface area (TPSA) is 21.3 Å². The van der Waals surface area contributed by atoms with Crippen LogP contribution in [0.3, 0.4) is 0 Å². The van der Waals surface area contributed by atoms with Gasteiger partial charge < -0.3 is 10.1 Å². The first-order chi connectivity index (χ1) is 9.40. The highest BCUT2D eigenvalue weighted by Gasteiger charge is 2.17. The third kappa shape index (κ3) is 3.73. The molecular formula is C17H25NO. The van der Waals surface area contributed by atoms with Crippen molar-refractivity contribution >= 4 is 0 Å². The first kappa shape index (κ1) is 13.0. The zero-order valence-corrected chi connectivity index (χ0v) is 11.7. The average Bonchev–Trinajstić information content (AvgIpc) is 2.95. The quantitative estimate of drug-likeness (QED) is 0.893. The molecule has 0 radical (unpaired) electrons. The standard InChI is InChI=1S/C17H25NO/c1-2-6-16(5-1)19-17-9-7-14(8-10-17)12-15-4-3-11-18-13-15/h7-10,15-16,18H,1-6,11-13H2. The largest absolute Gasteiger partial charge is 0.490 e. The van der Waals surface area contributed by atoms with E-state index < -0.39 is 0 Å². The summed E-state index contributed by atoms with van der Waals surface area (Å²) in [6, 6.07) is 8.81. The molecule has 1 saturated heterocycles. The Morgan fingerprint density at radius 2 is 1.79 bits per heavy atom. The fraction of sp³-hybridized carbons (Fsp3) is 0.647. The Balaban J connectivity index is 1.52. The lowest BCUT2D eigenvalue weighted by molar-refractivity contribution is 0.210. The average molecular weight is 259 g/mol. The van der Waals surface area contributed by atoms with Crippen LogP contribution in [-0.2, 0) is 6.42 Å². The zero-order valence-electron chi connectivity index (χ0n) is 11.7.